The molecule has 0 radical (unpaired) electrons. The van der Waals surface area contributed by atoms with Crippen molar-refractivity contribution in [3.8, 4) is 0 Å². The molecular formula is C14H15N3O2. The summed E-state index contributed by atoms with van der Waals surface area (Å²) in [6.07, 6.45) is 3.39. The number of rotatable bonds is 4. The second kappa shape index (κ2) is 5.86. The average molecular weight is 257 g/mol. The number of nitrogen functional groups attached to an aromatic ring is 1. The Hall–Kier alpha value is -2.56. The summed E-state index contributed by atoms with van der Waals surface area (Å²) in [5.41, 5.74) is 8.12. The van der Waals surface area contributed by atoms with Crippen LogP contribution in [0.15, 0.2) is 42.7 Å². The highest BCUT2D eigenvalue weighted by atomic mass is 16.5. The third-order valence-corrected chi connectivity index (χ3v) is 2.50. The van der Waals surface area contributed by atoms with Crippen molar-refractivity contribution in [3.63, 3.8) is 0 Å². The average Bonchev–Trinajstić information content (AvgIpc) is 2.42. The number of esters is 1. The lowest BCUT2D eigenvalue weighted by molar-refractivity contribution is 0.0527. The van der Waals surface area contributed by atoms with Crippen molar-refractivity contribution in [2.45, 2.75) is 6.92 Å². The molecule has 0 saturated carbocycles. The van der Waals surface area contributed by atoms with E-state index < -0.39 is 5.97 Å². The molecule has 0 aliphatic heterocycles. The molecule has 1 aromatic heterocycles. The molecule has 0 bridgehead atoms. The molecule has 1 heterocycles. The van der Waals surface area contributed by atoms with Crippen LogP contribution in [-0.4, -0.2) is 17.6 Å². The lowest BCUT2D eigenvalue weighted by atomic mass is 10.1. The molecule has 1 aromatic carbocycles. The Morgan fingerprint density at radius 2 is 2.21 bits per heavy atom. The van der Waals surface area contributed by atoms with E-state index in [0.717, 1.165) is 11.4 Å². The molecule has 5 heteroatoms. The first kappa shape index (κ1) is 12.9. The fourth-order valence-corrected chi connectivity index (χ4v) is 1.62. The standard InChI is InChI=1S/C14H15N3O2/c1-2-19-14(18)12-8-10(5-6-13(12)15)17-11-4-3-7-16-9-11/h3-9,17H,2,15H2,1H3. The molecule has 98 valence electrons. The minimum absolute atomic E-state index is 0.318. The molecule has 0 aliphatic carbocycles. The van der Waals surface area contributed by atoms with Gasteiger partial charge in [0, 0.05) is 17.6 Å². The first-order chi connectivity index (χ1) is 9.20. The van der Waals surface area contributed by atoms with E-state index in [1.54, 1.807) is 37.5 Å². The van der Waals surface area contributed by atoms with Crippen molar-refractivity contribution < 1.29 is 9.53 Å². The van der Waals surface area contributed by atoms with Crippen molar-refractivity contribution in [2.75, 3.05) is 17.7 Å². The molecule has 3 N–H and O–H groups in total. The van der Waals surface area contributed by atoms with Crippen molar-refractivity contribution in [2.24, 2.45) is 0 Å². The van der Waals surface area contributed by atoms with Gasteiger partial charge in [-0.2, -0.15) is 0 Å². The van der Waals surface area contributed by atoms with Gasteiger partial charge >= 0.3 is 5.97 Å². The number of aromatic nitrogens is 1. The largest absolute Gasteiger partial charge is 0.462 e. The number of hydrogen-bond donors (Lipinski definition) is 2. The van der Waals surface area contributed by atoms with Crippen LogP contribution in [0, 0.1) is 0 Å². The quantitative estimate of drug-likeness (QED) is 0.650. The molecule has 0 saturated heterocycles. The van der Waals surface area contributed by atoms with Gasteiger partial charge in [-0.15, -0.1) is 0 Å². The fraction of sp³-hybridized carbons (Fsp3) is 0.143. The van der Waals surface area contributed by atoms with Crippen LogP contribution in [0.25, 0.3) is 0 Å². The number of pyridine rings is 1. The summed E-state index contributed by atoms with van der Waals surface area (Å²) in [6, 6.07) is 8.84. The molecule has 0 atom stereocenters. The van der Waals surface area contributed by atoms with Gasteiger partial charge in [-0.3, -0.25) is 4.98 Å². The molecule has 0 amide bonds. The van der Waals surface area contributed by atoms with E-state index in [1.165, 1.54) is 0 Å². The number of benzene rings is 1. The zero-order chi connectivity index (χ0) is 13.7. The van der Waals surface area contributed by atoms with Crippen molar-refractivity contribution >= 4 is 23.0 Å². The van der Waals surface area contributed by atoms with Gasteiger partial charge in [-0.25, -0.2) is 4.79 Å². The van der Waals surface area contributed by atoms with Crippen LogP contribution in [0.2, 0.25) is 0 Å². The van der Waals surface area contributed by atoms with E-state index in [9.17, 15) is 4.79 Å². The molecular weight excluding hydrogens is 242 g/mol. The van der Waals surface area contributed by atoms with Gasteiger partial charge < -0.3 is 15.8 Å². The zero-order valence-corrected chi connectivity index (χ0v) is 10.6. The minimum Gasteiger partial charge on any atom is -0.462 e. The summed E-state index contributed by atoms with van der Waals surface area (Å²) in [6.45, 7) is 2.07. The van der Waals surface area contributed by atoms with Crippen LogP contribution < -0.4 is 11.1 Å². The second-order valence-corrected chi connectivity index (χ2v) is 3.89. The van der Waals surface area contributed by atoms with Gasteiger partial charge in [-0.05, 0) is 37.3 Å². The normalized spacial score (nSPS) is 9.95. The zero-order valence-electron chi connectivity index (χ0n) is 10.6. The summed E-state index contributed by atoms with van der Waals surface area (Å²) in [4.78, 5) is 15.7. The third-order valence-electron chi connectivity index (χ3n) is 2.50. The highest BCUT2D eigenvalue weighted by Crippen LogP contribution is 2.21. The molecule has 5 nitrogen and oxygen atoms in total. The van der Waals surface area contributed by atoms with Crippen LogP contribution in [0.4, 0.5) is 17.1 Å². The number of nitrogens with two attached hydrogens (primary N) is 1. The first-order valence-electron chi connectivity index (χ1n) is 5.94. The Morgan fingerprint density at radius 1 is 1.37 bits per heavy atom. The van der Waals surface area contributed by atoms with E-state index in [-0.39, 0.29) is 0 Å². The maximum atomic E-state index is 11.7. The van der Waals surface area contributed by atoms with Crippen LogP contribution >= 0.6 is 0 Å². The van der Waals surface area contributed by atoms with Crippen LogP contribution in [0.1, 0.15) is 17.3 Å². The maximum absolute atomic E-state index is 11.7. The van der Waals surface area contributed by atoms with Gasteiger partial charge in [0.15, 0.2) is 0 Å². The molecule has 19 heavy (non-hydrogen) atoms. The van der Waals surface area contributed by atoms with Gasteiger partial charge in [0.2, 0.25) is 0 Å². The molecule has 2 rings (SSSR count). The Morgan fingerprint density at radius 3 is 2.89 bits per heavy atom. The number of nitrogens with one attached hydrogen (secondary N) is 1. The Kier molecular flexibility index (Phi) is 3.97. The highest BCUT2D eigenvalue weighted by molar-refractivity contribution is 5.96. The van der Waals surface area contributed by atoms with Crippen LogP contribution in [-0.2, 0) is 4.74 Å². The van der Waals surface area contributed by atoms with E-state index in [2.05, 4.69) is 10.3 Å². The Balaban J connectivity index is 2.23. The number of anilines is 3. The third kappa shape index (κ3) is 3.22. The lowest BCUT2D eigenvalue weighted by Gasteiger charge is -2.10. The lowest BCUT2D eigenvalue weighted by Crippen LogP contribution is -2.08. The summed E-state index contributed by atoms with van der Waals surface area (Å²) in [5, 5.41) is 3.14. The van der Waals surface area contributed by atoms with E-state index >= 15 is 0 Å². The van der Waals surface area contributed by atoms with Crippen molar-refractivity contribution in [3.05, 3.63) is 48.3 Å². The van der Waals surface area contributed by atoms with Gasteiger partial charge in [-0.1, -0.05) is 0 Å². The number of carbonyl (C=O) groups is 1. The summed E-state index contributed by atoms with van der Waals surface area (Å²) < 4.78 is 4.95. The molecule has 0 fully saturated rings. The second-order valence-electron chi connectivity index (χ2n) is 3.89. The van der Waals surface area contributed by atoms with Crippen LogP contribution in [0.5, 0.6) is 0 Å². The first-order valence-corrected chi connectivity index (χ1v) is 5.94. The van der Waals surface area contributed by atoms with Crippen molar-refractivity contribution in [1.29, 1.82) is 0 Å². The topological polar surface area (TPSA) is 77.2 Å². The summed E-state index contributed by atoms with van der Waals surface area (Å²) >= 11 is 0. The number of nitrogens with zero attached hydrogens (tertiary/aromatic N) is 1. The minimum atomic E-state index is -0.421. The van der Waals surface area contributed by atoms with Gasteiger partial charge in [0.1, 0.15) is 0 Å². The number of ether oxygens (including phenoxy) is 1. The monoisotopic (exact) mass is 257 g/mol. The number of carbonyl (C=O) groups excluding carboxylic acids is 1. The maximum Gasteiger partial charge on any atom is 0.340 e. The fourth-order valence-electron chi connectivity index (χ4n) is 1.62. The molecule has 0 spiro atoms. The summed E-state index contributed by atoms with van der Waals surface area (Å²) in [5.74, 6) is -0.421. The molecule has 0 unspecified atom stereocenters. The van der Waals surface area contributed by atoms with E-state index in [4.69, 9.17) is 10.5 Å². The highest BCUT2D eigenvalue weighted by Gasteiger charge is 2.11. The smallest absolute Gasteiger partial charge is 0.340 e. The molecule has 2 aromatic rings. The Bertz CT molecular complexity index is 570. The predicted molar refractivity (Wildman–Crippen MR) is 74.3 cm³/mol. The van der Waals surface area contributed by atoms with Gasteiger partial charge in [0.05, 0.1) is 24.1 Å². The summed E-state index contributed by atoms with van der Waals surface area (Å²) in [7, 11) is 0. The van der Waals surface area contributed by atoms with E-state index in [1.807, 2.05) is 12.1 Å². The van der Waals surface area contributed by atoms with Crippen LogP contribution in [0.3, 0.4) is 0 Å². The van der Waals surface area contributed by atoms with Crippen molar-refractivity contribution in [1.82, 2.24) is 4.98 Å². The number of hydrogen-bond acceptors (Lipinski definition) is 5. The van der Waals surface area contributed by atoms with E-state index in [0.29, 0.717) is 17.9 Å². The predicted octanol–water partition coefficient (Wildman–Crippen LogP) is 2.58. The Labute approximate surface area is 111 Å². The SMILES string of the molecule is CCOC(=O)c1cc(Nc2cccnc2)ccc1N. The molecule has 0 aliphatic rings. The van der Waals surface area contributed by atoms with Gasteiger partial charge in [0.25, 0.3) is 0 Å².